The molecule has 0 fully saturated rings. The number of pyridine rings is 2. The van der Waals surface area contributed by atoms with Gasteiger partial charge in [0.15, 0.2) is 0 Å². The second-order valence-corrected chi connectivity index (χ2v) is 18.6. The van der Waals surface area contributed by atoms with Crippen molar-refractivity contribution in [3.8, 4) is 22.4 Å². The minimum Gasteiger partial charge on any atom is 3.00 e. The fraction of sp³-hybridized carbons (Fsp3) is 0.100. The van der Waals surface area contributed by atoms with E-state index in [9.17, 15) is 0 Å². The van der Waals surface area contributed by atoms with Crippen LogP contribution in [0.4, 0.5) is 17.1 Å². The van der Waals surface area contributed by atoms with Crippen molar-refractivity contribution in [2.75, 3.05) is 4.90 Å². The van der Waals surface area contributed by atoms with Crippen molar-refractivity contribution in [3.05, 3.63) is 234 Å². The van der Waals surface area contributed by atoms with Gasteiger partial charge in [0, 0.05) is 31.4 Å². The van der Waals surface area contributed by atoms with Crippen LogP contribution in [0.2, 0.25) is 5.68 Å². The van der Waals surface area contributed by atoms with Gasteiger partial charge < -0.3 is 10.2 Å². The van der Waals surface area contributed by atoms with Gasteiger partial charge in [-0.1, -0.05) is 138 Å². The average Bonchev–Trinajstić information content (AvgIpc) is 4.05. The van der Waals surface area contributed by atoms with Crippen molar-refractivity contribution >= 4 is 90.1 Å². The van der Waals surface area contributed by atoms with Crippen LogP contribution in [-0.2, 0) is 26.5 Å². The van der Waals surface area contributed by atoms with Gasteiger partial charge in [-0.15, -0.1) is 16.6 Å². The molecule has 11 aromatic rings. The van der Waals surface area contributed by atoms with Crippen LogP contribution in [0.5, 0.6) is 0 Å². The van der Waals surface area contributed by atoms with Gasteiger partial charge in [0.25, 0.3) is 0 Å². The first-order chi connectivity index (χ1) is 36.0. The monoisotopic (exact) mass is 1130 g/mol. The van der Waals surface area contributed by atoms with E-state index in [1.807, 2.05) is 48.5 Å². The third-order valence-electron chi connectivity index (χ3n) is 11.9. The number of hydrogen-bond acceptors (Lipinski definition) is 4. The molecule has 0 spiro atoms. The summed E-state index contributed by atoms with van der Waals surface area (Å²) in [6.45, 7) is -1.29. The standard InChI is InChI=1S/C45H29N3S.C15H16GeN.Ir/c1-3-12-29(13-4-1)28-33-24-26-38-37-20-11-21-39(43(37)49-45(38)46-33)44-47-41-34-18-9-7-16-31(34)23-27-40(41)48(44)42-35-19-10-8-17-32(35)22-25-36(42)30-14-5-2-6-15-30;1-11(2)13-9-15(17-10-14(13)16-3)12-7-5-4-6-8-12;/h1-20,22-27,44H,28H2;4-7,9-11H,1-3H3;/q-2;-1;+3/i28D2;1D3,3D3,11D;. The Morgan fingerprint density at radius 3 is 2.30 bits per heavy atom. The average molecular weight is 1130 g/mol. The summed E-state index contributed by atoms with van der Waals surface area (Å²) in [5, 5.41) is 12.2. The molecule has 1 aliphatic rings. The van der Waals surface area contributed by atoms with Crippen molar-refractivity contribution in [1.82, 2.24) is 9.97 Å². The maximum Gasteiger partial charge on any atom is 3.00 e. The molecule has 7 heteroatoms. The van der Waals surface area contributed by atoms with Gasteiger partial charge in [-0.3, -0.25) is 0 Å². The third-order valence-corrected chi connectivity index (χ3v) is 14.5. The van der Waals surface area contributed by atoms with Crippen LogP contribution >= 0.6 is 11.3 Å². The molecule has 0 amide bonds. The summed E-state index contributed by atoms with van der Waals surface area (Å²) >= 11 is -0.0452. The maximum atomic E-state index is 9.00. The topological polar surface area (TPSA) is 43.1 Å². The zero-order valence-electron chi connectivity index (χ0n) is 45.1. The SMILES string of the molecule is [2H]C([2H])(c1ccccc1)c1ccc2c(n1)sc1c(C3[N-]c4c(ccc5ccccc45)N3c3c(-c4ccccc4)ccc4ccccc34)[c-]ccc12.[2H][C]([2H])([2H])[Ge][c]1cnc(-c2[c-]cccc2)cc1C([2H])(C)C([2H])([2H])[2H].[Ir+3]. The molecule has 8 aromatic carbocycles. The van der Waals surface area contributed by atoms with Crippen LogP contribution in [0.1, 0.15) is 60.6 Å². The van der Waals surface area contributed by atoms with Crippen LogP contribution in [0.3, 0.4) is 0 Å². The summed E-state index contributed by atoms with van der Waals surface area (Å²) in [6.07, 6.45) is -0.731. The van der Waals surface area contributed by atoms with Gasteiger partial charge >= 0.3 is 139 Å². The number of benzene rings is 8. The van der Waals surface area contributed by atoms with Crippen LogP contribution < -0.4 is 9.30 Å². The van der Waals surface area contributed by atoms with Crippen molar-refractivity contribution in [2.24, 2.45) is 0 Å². The Morgan fingerprint density at radius 1 is 0.761 bits per heavy atom. The van der Waals surface area contributed by atoms with Crippen molar-refractivity contribution in [3.63, 3.8) is 0 Å². The molecule has 12 rings (SSSR count). The predicted molar refractivity (Wildman–Crippen MR) is 280 cm³/mol. The van der Waals surface area contributed by atoms with E-state index in [0.717, 1.165) is 75.6 Å². The van der Waals surface area contributed by atoms with Gasteiger partial charge in [-0.2, -0.15) is 29.5 Å². The summed E-state index contributed by atoms with van der Waals surface area (Å²) in [7, 11) is 0. The molecule has 0 N–H and O–H groups in total. The molecular formula is C60H45GeIrN4S. The first-order valence-corrected chi connectivity index (χ1v) is 24.5. The van der Waals surface area contributed by atoms with Crippen molar-refractivity contribution in [2.45, 2.75) is 37.9 Å². The van der Waals surface area contributed by atoms with Crippen LogP contribution in [0.25, 0.3) is 69.5 Å². The second kappa shape index (κ2) is 19.4. The molecule has 0 saturated heterocycles. The summed E-state index contributed by atoms with van der Waals surface area (Å²) in [5.74, 6) is -1.91. The van der Waals surface area contributed by atoms with Crippen LogP contribution in [0, 0.1) is 12.1 Å². The Morgan fingerprint density at radius 2 is 1.51 bits per heavy atom. The van der Waals surface area contributed by atoms with Crippen molar-refractivity contribution in [1.29, 1.82) is 0 Å². The van der Waals surface area contributed by atoms with Gasteiger partial charge in [-0.25, -0.2) is 4.98 Å². The molecule has 0 bridgehead atoms. The fourth-order valence-electron chi connectivity index (χ4n) is 8.83. The van der Waals surface area contributed by atoms with Gasteiger partial charge in [0.05, 0.1) is 5.69 Å². The quantitative estimate of drug-likeness (QED) is 0.112. The molecule has 2 unspecified atom stereocenters. The molecule has 2 radical (unpaired) electrons. The van der Waals surface area contributed by atoms with E-state index in [-0.39, 0.29) is 25.7 Å². The number of anilines is 2. The Labute approximate surface area is 429 Å². The van der Waals surface area contributed by atoms with Crippen molar-refractivity contribution < 1.29 is 32.4 Å². The second-order valence-electron chi connectivity index (χ2n) is 16.0. The molecule has 0 aliphatic carbocycles. The summed E-state index contributed by atoms with van der Waals surface area (Å²) in [4.78, 5) is 12.4. The number of nitrogens with zero attached hydrogens (tertiary/aromatic N) is 4. The zero-order valence-corrected chi connectivity index (χ0v) is 41.4. The molecule has 67 heavy (non-hydrogen) atoms. The minimum absolute atomic E-state index is 0. The predicted octanol–water partition coefficient (Wildman–Crippen LogP) is 15.7. The van der Waals surface area contributed by atoms with Crippen LogP contribution in [-0.4, -0.2) is 25.4 Å². The first-order valence-electron chi connectivity index (χ1n) is 26.1. The molecule has 0 saturated carbocycles. The van der Waals surface area contributed by atoms with E-state index >= 15 is 0 Å². The van der Waals surface area contributed by atoms with E-state index in [4.69, 9.17) is 22.6 Å². The molecular weight excluding hydrogens is 1070 g/mol. The molecule has 324 valence electrons. The minimum atomic E-state index is -2.58. The first kappa shape index (κ1) is 34.8. The Kier molecular flexibility index (Phi) is 10.1. The number of rotatable bonds is 8. The fourth-order valence-corrected chi connectivity index (χ4v) is 11.1. The summed E-state index contributed by atoms with van der Waals surface area (Å²) in [5.41, 5.74) is 6.54. The summed E-state index contributed by atoms with van der Waals surface area (Å²) < 4.78 is 73.3. The molecule has 1 aliphatic heterocycles. The van der Waals surface area contributed by atoms with E-state index in [2.05, 4.69) is 131 Å². The molecule has 4 nitrogen and oxygen atoms in total. The van der Waals surface area contributed by atoms with E-state index in [1.165, 1.54) is 19.2 Å². The third kappa shape index (κ3) is 8.60. The number of thiophene rings is 1. The Bertz CT molecular complexity index is 3910. The maximum absolute atomic E-state index is 9.00. The Hall–Kier alpha value is -6.41. The smallest absolute Gasteiger partial charge is 3.00 e. The summed E-state index contributed by atoms with van der Waals surface area (Å²) in [6, 6.07) is 69.0. The van der Waals surface area contributed by atoms with E-state index < -0.39 is 46.4 Å². The van der Waals surface area contributed by atoms with Gasteiger partial charge in [0.1, 0.15) is 4.83 Å². The van der Waals surface area contributed by atoms with E-state index in [1.54, 1.807) is 35.6 Å². The number of hydrogen-bond donors (Lipinski definition) is 0. The number of aromatic nitrogens is 2. The van der Waals surface area contributed by atoms with E-state index in [0.29, 0.717) is 26.9 Å². The molecule has 4 heterocycles. The molecule has 2 atom stereocenters. The number of fused-ring (bicyclic) bond motifs is 7. The zero-order chi connectivity index (χ0) is 52.3. The molecule has 3 aromatic heterocycles. The van der Waals surface area contributed by atoms with Gasteiger partial charge in [-0.05, 0) is 51.0 Å². The van der Waals surface area contributed by atoms with Crippen LogP contribution in [0.15, 0.2) is 194 Å². The Balaban J connectivity index is 0.000000223. The normalized spacial score (nSPS) is 16.5. The largest absolute Gasteiger partial charge is 3.00 e. The van der Waals surface area contributed by atoms with Gasteiger partial charge in [0.2, 0.25) is 0 Å².